The van der Waals surface area contributed by atoms with Crippen molar-refractivity contribution in [3.8, 4) is 5.75 Å². The van der Waals surface area contributed by atoms with Crippen molar-refractivity contribution in [2.24, 2.45) is 0 Å². The van der Waals surface area contributed by atoms with Crippen molar-refractivity contribution in [1.29, 1.82) is 0 Å². The van der Waals surface area contributed by atoms with Gasteiger partial charge in [-0.05, 0) is 50.7 Å². The largest absolute Gasteiger partial charge is 0.481 e. The smallest absolute Gasteiger partial charge is 0.396 e. The number of halogens is 6. The number of aromatic nitrogens is 1. The molecule has 1 unspecified atom stereocenters. The summed E-state index contributed by atoms with van der Waals surface area (Å²) in [6, 6.07) is 3.13. The molecule has 0 bridgehead atoms. The van der Waals surface area contributed by atoms with Gasteiger partial charge in [-0.15, -0.1) is 0 Å². The van der Waals surface area contributed by atoms with Crippen molar-refractivity contribution in [1.82, 2.24) is 4.98 Å². The van der Waals surface area contributed by atoms with Crippen molar-refractivity contribution in [2.45, 2.75) is 75.1 Å². The molecule has 2 heterocycles. The third kappa shape index (κ3) is 4.79. The number of alkyl halides is 5. The zero-order valence-electron chi connectivity index (χ0n) is 18.6. The van der Waals surface area contributed by atoms with Crippen LogP contribution in [0.3, 0.4) is 0 Å². The highest BCUT2D eigenvalue weighted by Crippen LogP contribution is 2.51. The Labute approximate surface area is 196 Å². The fourth-order valence-electron chi connectivity index (χ4n) is 4.89. The minimum Gasteiger partial charge on any atom is -0.481 e. The molecule has 1 amide bonds. The van der Waals surface area contributed by atoms with Crippen LogP contribution in [0.5, 0.6) is 5.75 Å². The Kier molecular flexibility index (Phi) is 5.67. The van der Waals surface area contributed by atoms with Crippen LogP contribution in [0.4, 0.5) is 38.0 Å². The van der Waals surface area contributed by atoms with E-state index in [0.29, 0.717) is 6.54 Å². The summed E-state index contributed by atoms with van der Waals surface area (Å²) in [6.07, 6.45) is -4.08. The predicted octanol–water partition coefficient (Wildman–Crippen LogP) is 5.87. The number of hydrogen-bond donors (Lipinski definition) is 1. The van der Waals surface area contributed by atoms with Gasteiger partial charge in [-0.2, -0.15) is 18.2 Å². The number of rotatable bonds is 6. The highest BCUT2D eigenvalue weighted by molar-refractivity contribution is 6.03. The topological polar surface area (TPSA) is 67.6 Å². The van der Waals surface area contributed by atoms with Crippen molar-refractivity contribution < 1.29 is 40.3 Å². The van der Waals surface area contributed by atoms with Crippen molar-refractivity contribution >= 4 is 17.6 Å². The van der Waals surface area contributed by atoms with E-state index in [1.165, 1.54) is 6.07 Å². The number of benzene rings is 1. The van der Waals surface area contributed by atoms with E-state index in [1.54, 1.807) is 0 Å². The molecule has 12 heteroatoms. The highest BCUT2D eigenvalue weighted by atomic mass is 19.4. The molecule has 3 fully saturated rings. The zero-order chi connectivity index (χ0) is 25.0. The Bertz CT molecular complexity index is 1130. The Morgan fingerprint density at radius 2 is 1.97 bits per heavy atom. The lowest BCUT2D eigenvalue weighted by Crippen LogP contribution is -2.32. The summed E-state index contributed by atoms with van der Waals surface area (Å²) in [7, 11) is 0. The Morgan fingerprint density at radius 3 is 2.60 bits per heavy atom. The monoisotopic (exact) mass is 503 g/mol. The quantitative estimate of drug-likeness (QED) is 0.500. The molecule has 1 N–H and O–H groups in total. The van der Waals surface area contributed by atoms with Gasteiger partial charge in [-0.1, -0.05) is 0 Å². The molecule has 1 spiro atoms. The van der Waals surface area contributed by atoms with Gasteiger partial charge in [0.15, 0.2) is 23.4 Å². The van der Waals surface area contributed by atoms with Crippen LogP contribution < -0.4 is 15.0 Å². The molecule has 1 aliphatic heterocycles. The predicted molar refractivity (Wildman–Crippen MR) is 112 cm³/mol. The first-order chi connectivity index (χ1) is 16.5. The van der Waals surface area contributed by atoms with Gasteiger partial charge < -0.3 is 19.4 Å². The lowest BCUT2D eigenvalue weighted by Gasteiger charge is -2.21. The minimum absolute atomic E-state index is 0.0307. The zero-order valence-corrected chi connectivity index (χ0v) is 18.6. The van der Waals surface area contributed by atoms with Crippen LogP contribution in [0.1, 0.15) is 61.2 Å². The lowest BCUT2D eigenvalue weighted by molar-refractivity contribution is -0.130. The first kappa shape index (κ1) is 23.8. The van der Waals surface area contributed by atoms with Gasteiger partial charge >= 0.3 is 6.18 Å². The van der Waals surface area contributed by atoms with Gasteiger partial charge in [0, 0.05) is 30.3 Å². The van der Waals surface area contributed by atoms with Crippen LogP contribution in [0.2, 0.25) is 0 Å². The van der Waals surface area contributed by atoms with Gasteiger partial charge in [0.2, 0.25) is 0 Å². The molecular weight excluding hydrogens is 480 g/mol. The Balaban J connectivity index is 1.34. The number of amides is 1. The molecule has 2 aromatic rings. The van der Waals surface area contributed by atoms with Crippen LogP contribution in [0.25, 0.3) is 0 Å². The third-order valence-corrected chi connectivity index (χ3v) is 6.82. The molecule has 2 saturated carbocycles. The summed E-state index contributed by atoms with van der Waals surface area (Å²) in [5, 5.41) is 2.31. The number of nitrogens with zero attached hydrogens (tertiary/aromatic N) is 2. The normalized spacial score (nSPS) is 22.6. The van der Waals surface area contributed by atoms with Gasteiger partial charge in [-0.25, -0.2) is 13.2 Å². The Hall–Kier alpha value is -2.92. The number of nitrogens with one attached hydrogen (secondary N) is 1. The molecule has 1 atom stereocenters. The summed E-state index contributed by atoms with van der Waals surface area (Å²) in [5.74, 6) is -6.09. The number of carbonyl (C=O) groups is 1. The minimum atomic E-state index is -4.64. The molecule has 1 aromatic heterocycles. The average molecular weight is 503 g/mol. The number of carbonyl (C=O) groups excluding carboxylic acids is 1. The van der Waals surface area contributed by atoms with E-state index >= 15 is 0 Å². The average Bonchev–Trinajstić information content (AvgIpc) is 3.05. The molecule has 5 rings (SSSR count). The third-order valence-electron chi connectivity index (χ3n) is 6.82. The van der Waals surface area contributed by atoms with Crippen LogP contribution in [0, 0.1) is 5.82 Å². The number of anilines is 2. The maximum Gasteiger partial charge on any atom is 0.396 e. The van der Waals surface area contributed by atoms with Crippen LogP contribution >= 0.6 is 0 Å². The molecule has 2 aliphatic carbocycles. The number of oxazole rings is 1. The van der Waals surface area contributed by atoms with E-state index in [4.69, 9.17) is 9.15 Å². The standard InChI is InChI=1S/C23H23F6N3O3/c24-14-11-13(4-5-15(14)34-17-3-1-7-22(17,25)26)30-19(33)18-16(12-23(27,28)29)35-20(31-18)32-10-2-6-21(32)8-9-21/h4-5,11,17H,1-3,6-10,12H2,(H,30,33). The van der Waals surface area contributed by atoms with Gasteiger partial charge in [0.1, 0.15) is 12.2 Å². The molecule has 0 radical (unpaired) electrons. The fourth-order valence-corrected chi connectivity index (χ4v) is 4.89. The second-order valence-corrected chi connectivity index (χ2v) is 9.40. The maximum absolute atomic E-state index is 14.5. The van der Waals surface area contributed by atoms with Gasteiger partial charge in [0.05, 0.1) is 0 Å². The fraction of sp³-hybridized carbons (Fsp3) is 0.565. The van der Waals surface area contributed by atoms with E-state index in [9.17, 15) is 31.1 Å². The number of ether oxygens (including phenoxy) is 1. The molecule has 1 aromatic carbocycles. The van der Waals surface area contributed by atoms with E-state index in [0.717, 1.165) is 37.8 Å². The second-order valence-electron chi connectivity index (χ2n) is 9.40. The first-order valence-electron chi connectivity index (χ1n) is 11.5. The molecule has 3 aliphatic rings. The SMILES string of the molecule is O=C(Nc1ccc(OC2CCCC2(F)F)c(F)c1)c1nc(N2CCCC23CC3)oc1CC(F)(F)F. The van der Waals surface area contributed by atoms with Gasteiger partial charge in [0.25, 0.3) is 17.8 Å². The van der Waals surface area contributed by atoms with E-state index in [-0.39, 0.29) is 36.5 Å². The van der Waals surface area contributed by atoms with Crippen molar-refractivity contribution in [2.75, 3.05) is 16.8 Å². The van der Waals surface area contributed by atoms with E-state index < -0.39 is 53.6 Å². The summed E-state index contributed by atoms with van der Waals surface area (Å²) in [6.45, 7) is 0.569. The lowest BCUT2D eigenvalue weighted by atomic mass is 10.2. The van der Waals surface area contributed by atoms with E-state index in [2.05, 4.69) is 10.3 Å². The molecule has 1 saturated heterocycles. The van der Waals surface area contributed by atoms with Gasteiger partial charge in [-0.3, -0.25) is 4.79 Å². The molecular formula is C23H23F6N3O3. The summed E-state index contributed by atoms with van der Waals surface area (Å²) < 4.78 is 92.0. The summed E-state index contributed by atoms with van der Waals surface area (Å²) in [4.78, 5) is 18.7. The molecule has 6 nitrogen and oxygen atoms in total. The summed E-state index contributed by atoms with van der Waals surface area (Å²) >= 11 is 0. The summed E-state index contributed by atoms with van der Waals surface area (Å²) in [5.41, 5.74) is -0.796. The molecule has 190 valence electrons. The van der Waals surface area contributed by atoms with Crippen LogP contribution in [0.15, 0.2) is 22.6 Å². The van der Waals surface area contributed by atoms with E-state index in [1.807, 2.05) is 4.90 Å². The second kappa shape index (κ2) is 8.34. The highest BCUT2D eigenvalue weighted by Gasteiger charge is 2.53. The first-order valence-corrected chi connectivity index (χ1v) is 11.5. The van der Waals surface area contributed by atoms with Crippen molar-refractivity contribution in [3.05, 3.63) is 35.5 Å². The maximum atomic E-state index is 14.5. The van der Waals surface area contributed by atoms with Crippen molar-refractivity contribution in [3.63, 3.8) is 0 Å². The molecule has 35 heavy (non-hydrogen) atoms. The number of hydrogen-bond acceptors (Lipinski definition) is 5. The van der Waals surface area contributed by atoms with Crippen LogP contribution in [-0.4, -0.2) is 41.2 Å². The van der Waals surface area contributed by atoms with Crippen LogP contribution in [-0.2, 0) is 6.42 Å². The Morgan fingerprint density at radius 1 is 1.20 bits per heavy atom.